The lowest BCUT2D eigenvalue weighted by Gasteiger charge is -2.17. The van der Waals surface area contributed by atoms with Gasteiger partial charge in [-0.3, -0.25) is 14.9 Å². The Morgan fingerprint density at radius 1 is 1.16 bits per heavy atom. The maximum atomic E-state index is 11.0. The minimum atomic E-state index is -1.05. The molecule has 1 aromatic rings. The molecule has 0 aliphatic heterocycles. The van der Waals surface area contributed by atoms with E-state index in [-0.39, 0.29) is 12.4 Å². The molecule has 6 heteroatoms. The van der Waals surface area contributed by atoms with E-state index < -0.39 is 24.0 Å². The molecule has 0 heterocycles. The van der Waals surface area contributed by atoms with Crippen molar-refractivity contribution >= 4 is 24.3 Å². The van der Waals surface area contributed by atoms with Crippen molar-refractivity contribution in [2.45, 2.75) is 31.8 Å². The summed E-state index contributed by atoms with van der Waals surface area (Å²) in [4.78, 5) is 21.7. The molecule has 0 fully saturated rings. The number of hydrogen-bond donors (Lipinski definition) is 3. The molecule has 19 heavy (non-hydrogen) atoms. The number of carbonyl (C=O) groups is 2. The van der Waals surface area contributed by atoms with Crippen LogP contribution < -0.4 is 5.32 Å². The quantitative estimate of drug-likeness (QED) is 0.708. The summed E-state index contributed by atoms with van der Waals surface area (Å²) < 4.78 is 0. The number of aryl methyl sites for hydroxylation is 1. The molecule has 3 N–H and O–H groups in total. The summed E-state index contributed by atoms with van der Waals surface area (Å²) in [6, 6.07) is 7.77. The van der Waals surface area contributed by atoms with Gasteiger partial charge in [-0.25, -0.2) is 0 Å². The molecule has 0 saturated carbocycles. The lowest BCUT2D eigenvalue weighted by Crippen LogP contribution is -2.45. The van der Waals surface area contributed by atoms with E-state index in [2.05, 4.69) is 5.32 Å². The smallest absolute Gasteiger partial charge is 0.320 e. The fourth-order valence-corrected chi connectivity index (χ4v) is 1.61. The van der Waals surface area contributed by atoms with E-state index in [0.717, 1.165) is 5.56 Å². The molecule has 1 aromatic carbocycles. The first-order chi connectivity index (χ1) is 8.50. The van der Waals surface area contributed by atoms with Crippen LogP contribution in [-0.2, 0) is 16.0 Å². The summed E-state index contributed by atoms with van der Waals surface area (Å²) in [6.07, 6.45) is 0.952. The minimum Gasteiger partial charge on any atom is -0.480 e. The van der Waals surface area contributed by atoms with Crippen molar-refractivity contribution in [3.63, 3.8) is 0 Å². The van der Waals surface area contributed by atoms with Gasteiger partial charge in [0.15, 0.2) is 0 Å². The standard InChI is InChI=1S/C13H17NO4.ClH/c1-9(12(15)16)14-11(13(17)18)8-7-10-5-3-2-4-6-10;/h2-6,9,11,14H,7-8H2,1H3,(H,15,16)(H,17,18);1H. The van der Waals surface area contributed by atoms with Crippen LogP contribution in [0.3, 0.4) is 0 Å². The molecule has 0 spiro atoms. The van der Waals surface area contributed by atoms with Crippen molar-refractivity contribution in [2.24, 2.45) is 0 Å². The van der Waals surface area contributed by atoms with E-state index >= 15 is 0 Å². The molecule has 0 saturated heterocycles. The van der Waals surface area contributed by atoms with Gasteiger partial charge in [0, 0.05) is 0 Å². The highest BCUT2D eigenvalue weighted by atomic mass is 35.5. The van der Waals surface area contributed by atoms with Gasteiger partial charge in [0.25, 0.3) is 0 Å². The summed E-state index contributed by atoms with van der Waals surface area (Å²) in [5.74, 6) is -2.08. The van der Waals surface area contributed by atoms with Crippen molar-refractivity contribution in [3.8, 4) is 0 Å². The Hall–Kier alpha value is -1.59. The lowest BCUT2D eigenvalue weighted by molar-refractivity contribution is -0.142. The predicted molar refractivity (Wildman–Crippen MR) is 73.7 cm³/mol. The van der Waals surface area contributed by atoms with E-state index in [1.54, 1.807) is 0 Å². The molecule has 0 aliphatic rings. The highest BCUT2D eigenvalue weighted by Crippen LogP contribution is 2.06. The second kappa shape index (κ2) is 8.50. The zero-order chi connectivity index (χ0) is 13.5. The molecule has 2 atom stereocenters. The van der Waals surface area contributed by atoms with Gasteiger partial charge >= 0.3 is 11.9 Å². The summed E-state index contributed by atoms with van der Waals surface area (Å²) in [5.41, 5.74) is 1.04. The second-order valence-corrected chi connectivity index (χ2v) is 4.14. The number of aliphatic carboxylic acids is 2. The molecule has 1 rings (SSSR count). The fraction of sp³-hybridized carbons (Fsp3) is 0.385. The molecular formula is C13H18ClNO4. The normalized spacial score (nSPS) is 13.1. The van der Waals surface area contributed by atoms with Crippen LogP contribution in [0.25, 0.3) is 0 Å². The number of carboxylic acids is 2. The van der Waals surface area contributed by atoms with Crippen LogP contribution >= 0.6 is 12.4 Å². The van der Waals surface area contributed by atoms with Gasteiger partial charge in [0.1, 0.15) is 12.1 Å². The first-order valence-electron chi connectivity index (χ1n) is 5.76. The first-order valence-corrected chi connectivity index (χ1v) is 5.76. The molecular weight excluding hydrogens is 270 g/mol. The summed E-state index contributed by atoms with van der Waals surface area (Å²) in [7, 11) is 0. The molecule has 0 aliphatic carbocycles. The number of hydrogen-bond acceptors (Lipinski definition) is 3. The van der Waals surface area contributed by atoms with Crippen LogP contribution in [0.15, 0.2) is 30.3 Å². The summed E-state index contributed by atoms with van der Waals surface area (Å²) in [5, 5.41) is 20.4. The van der Waals surface area contributed by atoms with Crippen molar-refractivity contribution in [2.75, 3.05) is 0 Å². The van der Waals surface area contributed by atoms with Crippen molar-refractivity contribution < 1.29 is 19.8 Å². The average molecular weight is 288 g/mol. The molecule has 0 amide bonds. The van der Waals surface area contributed by atoms with Crippen LogP contribution in [0, 0.1) is 0 Å². The molecule has 0 bridgehead atoms. The van der Waals surface area contributed by atoms with Gasteiger partial charge in [-0.1, -0.05) is 30.3 Å². The third-order valence-electron chi connectivity index (χ3n) is 2.68. The molecule has 2 unspecified atom stereocenters. The Bertz CT molecular complexity index is 410. The van der Waals surface area contributed by atoms with Crippen LogP contribution in [0.5, 0.6) is 0 Å². The van der Waals surface area contributed by atoms with Gasteiger partial charge in [-0.05, 0) is 25.3 Å². The number of carboxylic acid groups (broad SMARTS) is 2. The topological polar surface area (TPSA) is 86.6 Å². The Labute approximate surface area is 118 Å². The highest BCUT2D eigenvalue weighted by molar-refractivity contribution is 5.85. The van der Waals surface area contributed by atoms with Crippen molar-refractivity contribution in [1.29, 1.82) is 0 Å². The zero-order valence-corrected chi connectivity index (χ0v) is 11.4. The van der Waals surface area contributed by atoms with Crippen LogP contribution in [0.2, 0.25) is 0 Å². The van der Waals surface area contributed by atoms with Gasteiger partial charge in [0.05, 0.1) is 0 Å². The molecule has 106 valence electrons. The summed E-state index contributed by atoms with van der Waals surface area (Å²) in [6.45, 7) is 1.43. The van der Waals surface area contributed by atoms with Gasteiger partial charge in [-0.15, -0.1) is 12.4 Å². The Morgan fingerprint density at radius 3 is 2.21 bits per heavy atom. The van der Waals surface area contributed by atoms with E-state index in [0.29, 0.717) is 12.8 Å². The van der Waals surface area contributed by atoms with Crippen molar-refractivity contribution in [3.05, 3.63) is 35.9 Å². The first kappa shape index (κ1) is 17.4. The van der Waals surface area contributed by atoms with E-state index in [1.165, 1.54) is 6.92 Å². The maximum absolute atomic E-state index is 11.0. The van der Waals surface area contributed by atoms with Crippen LogP contribution in [0.4, 0.5) is 0 Å². The van der Waals surface area contributed by atoms with E-state index in [9.17, 15) is 9.59 Å². The monoisotopic (exact) mass is 287 g/mol. The Morgan fingerprint density at radius 2 is 1.74 bits per heavy atom. The number of rotatable bonds is 7. The van der Waals surface area contributed by atoms with Gasteiger partial charge in [0.2, 0.25) is 0 Å². The largest absolute Gasteiger partial charge is 0.480 e. The van der Waals surface area contributed by atoms with E-state index in [1.807, 2.05) is 30.3 Å². The summed E-state index contributed by atoms with van der Waals surface area (Å²) >= 11 is 0. The Kier molecular flexibility index (Phi) is 7.79. The second-order valence-electron chi connectivity index (χ2n) is 4.14. The van der Waals surface area contributed by atoms with Crippen LogP contribution in [0.1, 0.15) is 18.9 Å². The van der Waals surface area contributed by atoms with Gasteiger partial charge in [-0.2, -0.15) is 0 Å². The average Bonchev–Trinajstić information content (AvgIpc) is 2.34. The highest BCUT2D eigenvalue weighted by Gasteiger charge is 2.22. The Balaban J connectivity index is 0.00000324. The third-order valence-corrected chi connectivity index (χ3v) is 2.68. The molecule has 0 aromatic heterocycles. The number of nitrogens with one attached hydrogen (secondary N) is 1. The minimum absolute atomic E-state index is 0. The fourth-order valence-electron chi connectivity index (χ4n) is 1.61. The van der Waals surface area contributed by atoms with Crippen LogP contribution in [-0.4, -0.2) is 34.2 Å². The SMILES string of the molecule is CC(NC(CCc1ccccc1)C(=O)O)C(=O)O.Cl. The van der Waals surface area contributed by atoms with Gasteiger partial charge < -0.3 is 10.2 Å². The van der Waals surface area contributed by atoms with E-state index in [4.69, 9.17) is 10.2 Å². The maximum Gasteiger partial charge on any atom is 0.320 e. The molecule has 0 radical (unpaired) electrons. The zero-order valence-electron chi connectivity index (χ0n) is 10.6. The molecule has 5 nitrogen and oxygen atoms in total. The lowest BCUT2D eigenvalue weighted by atomic mass is 10.0. The number of halogens is 1. The number of benzene rings is 1. The van der Waals surface area contributed by atoms with Crippen molar-refractivity contribution in [1.82, 2.24) is 5.32 Å². The predicted octanol–water partition coefficient (Wildman–Crippen LogP) is 1.56. The third kappa shape index (κ3) is 6.22.